The monoisotopic (exact) mass is 438 g/mol. The second-order valence-electron chi connectivity index (χ2n) is 7.84. The van der Waals surface area contributed by atoms with Gasteiger partial charge in [-0.05, 0) is 48.8 Å². The summed E-state index contributed by atoms with van der Waals surface area (Å²) in [5, 5.41) is 0.867. The average molecular weight is 439 g/mol. The van der Waals surface area contributed by atoms with Crippen molar-refractivity contribution < 1.29 is 9.21 Å². The summed E-state index contributed by atoms with van der Waals surface area (Å²) in [6.07, 6.45) is 0.928. The lowest BCUT2D eigenvalue weighted by Gasteiger charge is -2.28. The highest BCUT2D eigenvalue weighted by atomic mass is 35.5. The molecule has 0 spiro atoms. The standard InChI is InChI=1S/C25H27ClN2O3/c1-4-16-7-9-17(10-8-16)22-21-23(29)19-15-18(26)11-12-20(19)31-24(21)25(30)28(22)14-13-27(5-2)6-3/h7-12,15,22H,4-6,13-14H2,1-3H3. The molecule has 0 fully saturated rings. The molecule has 0 radical (unpaired) electrons. The van der Waals surface area contributed by atoms with Crippen molar-refractivity contribution in [2.24, 2.45) is 0 Å². The van der Waals surface area contributed by atoms with E-state index >= 15 is 0 Å². The summed E-state index contributed by atoms with van der Waals surface area (Å²) < 4.78 is 5.98. The van der Waals surface area contributed by atoms with Crippen LogP contribution in [0, 0.1) is 0 Å². The summed E-state index contributed by atoms with van der Waals surface area (Å²) in [4.78, 5) is 31.0. The number of nitrogens with zero attached hydrogens (tertiary/aromatic N) is 2. The van der Waals surface area contributed by atoms with Crippen molar-refractivity contribution in [2.45, 2.75) is 33.2 Å². The third-order valence-corrected chi connectivity index (χ3v) is 6.42. The highest BCUT2D eigenvalue weighted by Crippen LogP contribution is 2.38. The van der Waals surface area contributed by atoms with Crippen molar-refractivity contribution >= 4 is 28.5 Å². The molecule has 0 bridgehead atoms. The van der Waals surface area contributed by atoms with Crippen LogP contribution in [-0.2, 0) is 6.42 Å². The first-order valence-corrected chi connectivity index (χ1v) is 11.2. The molecule has 1 amide bonds. The fourth-order valence-corrected chi connectivity index (χ4v) is 4.47. The Balaban J connectivity index is 1.86. The first-order chi connectivity index (χ1) is 15.0. The normalized spacial score (nSPS) is 15.8. The molecule has 0 saturated heterocycles. The minimum atomic E-state index is -0.469. The van der Waals surface area contributed by atoms with Gasteiger partial charge in [0.05, 0.1) is 17.0 Å². The Morgan fingerprint density at radius 3 is 2.39 bits per heavy atom. The number of hydrogen-bond donors (Lipinski definition) is 0. The lowest BCUT2D eigenvalue weighted by Crippen LogP contribution is -2.37. The van der Waals surface area contributed by atoms with Gasteiger partial charge in [-0.25, -0.2) is 0 Å². The molecule has 5 nitrogen and oxygen atoms in total. The summed E-state index contributed by atoms with van der Waals surface area (Å²) in [5.74, 6) is -0.0930. The quantitative estimate of drug-likeness (QED) is 0.526. The van der Waals surface area contributed by atoms with E-state index in [0.29, 0.717) is 28.1 Å². The number of aryl methyl sites for hydroxylation is 1. The third-order valence-electron chi connectivity index (χ3n) is 6.18. The highest BCUT2D eigenvalue weighted by Gasteiger charge is 2.42. The summed E-state index contributed by atoms with van der Waals surface area (Å²) in [5.41, 5.74) is 2.72. The SMILES string of the molecule is CCc1ccc(C2c3c(oc4ccc(Cl)cc4c3=O)C(=O)N2CCN(CC)CC)cc1. The molecular weight excluding hydrogens is 412 g/mol. The van der Waals surface area contributed by atoms with Crippen LogP contribution < -0.4 is 5.43 Å². The molecule has 1 aliphatic heterocycles. The minimum absolute atomic E-state index is 0.143. The van der Waals surface area contributed by atoms with Gasteiger partial charge < -0.3 is 14.2 Å². The topological polar surface area (TPSA) is 53.8 Å². The molecule has 2 heterocycles. The van der Waals surface area contributed by atoms with Crippen molar-refractivity contribution in [1.82, 2.24) is 9.80 Å². The predicted molar refractivity (Wildman–Crippen MR) is 124 cm³/mol. The fraction of sp³-hybridized carbons (Fsp3) is 0.360. The highest BCUT2D eigenvalue weighted by molar-refractivity contribution is 6.31. The number of carbonyl (C=O) groups is 1. The van der Waals surface area contributed by atoms with E-state index in [0.717, 1.165) is 31.6 Å². The molecule has 1 unspecified atom stereocenters. The first kappa shape index (κ1) is 21.6. The van der Waals surface area contributed by atoms with Crippen molar-refractivity contribution in [3.63, 3.8) is 0 Å². The van der Waals surface area contributed by atoms with Crippen molar-refractivity contribution in [3.05, 3.63) is 80.2 Å². The van der Waals surface area contributed by atoms with Gasteiger partial charge in [0.2, 0.25) is 5.76 Å². The van der Waals surface area contributed by atoms with Crippen LogP contribution in [0.2, 0.25) is 5.02 Å². The van der Waals surface area contributed by atoms with E-state index in [1.165, 1.54) is 5.56 Å². The number of benzene rings is 2. The first-order valence-electron chi connectivity index (χ1n) is 10.9. The van der Waals surface area contributed by atoms with Crippen LogP contribution in [-0.4, -0.2) is 41.9 Å². The number of fused-ring (bicyclic) bond motifs is 2. The average Bonchev–Trinajstić information content (AvgIpc) is 3.07. The van der Waals surface area contributed by atoms with Crippen LogP contribution >= 0.6 is 11.6 Å². The fourth-order valence-electron chi connectivity index (χ4n) is 4.29. The van der Waals surface area contributed by atoms with Gasteiger partial charge in [-0.2, -0.15) is 0 Å². The number of rotatable bonds is 7. The molecule has 3 aromatic rings. The van der Waals surface area contributed by atoms with Gasteiger partial charge in [0, 0.05) is 18.1 Å². The Labute approximate surface area is 187 Å². The zero-order valence-corrected chi connectivity index (χ0v) is 18.9. The lowest BCUT2D eigenvalue weighted by atomic mass is 9.97. The lowest BCUT2D eigenvalue weighted by molar-refractivity contribution is 0.0708. The molecule has 1 atom stereocenters. The number of hydrogen-bond acceptors (Lipinski definition) is 4. The molecule has 4 rings (SSSR count). The second kappa shape index (κ2) is 8.85. The second-order valence-corrected chi connectivity index (χ2v) is 8.27. The van der Waals surface area contributed by atoms with Gasteiger partial charge in [0.25, 0.3) is 5.91 Å². The van der Waals surface area contributed by atoms with Crippen LogP contribution in [0.4, 0.5) is 0 Å². The number of amides is 1. The number of carbonyl (C=O) groups excluding carboxylic acids is 1. The van der Waals surface area contributed by atoms with Gasteiger partial charge in [-0.1, -0.05) is 56.6 Å². The maximum absolute atomic E-state index is 13.5. The maximum Gasteiger partial charge on any atom is 0.290 e. The largest absolute Gasteiger partial charge is 0.450 e. The minimum Gasteiger partial charge on any atom is -0.450 e. The molecule has 1 aliphatic rings. The molecule has 31 heavy (non-hydrogen) atoms. The van der Waals surface area contributed by atoms with Crippen molar-refractivity contribution in [1.29, 1.82) is 0 Å². The van der Waals surface area contributed by atoms with Gasteiger partial charge in [-0.15, -0.1) is 0 Å². The smallest absolute Gasteiger partial charge is 0.290 e. The van der Waals surface area contributed by atoms with Crippen molar-refractivity contribution in [2.75, 3.05) is 26.2 Å². The summed E-state index contributed by atoms with van der Waals surface area (Å²) in [6, 6.07) is 12.6. The van der Waals surface area contributed by atoms with Crippen LogP contribution in [0.1, 0.15) is 54.1 Å². The van der Waals surface area contributed by atoms with E-state index < -0.39 is 6.04 Å². The number of halogens is 1. The summed E-state index contributed by atoms with van der Waals surface area (Å²) in [7, 11) is 0. The predicted octanol–water partition coefficient (Wildman–Crippen LogP) is 4.90. The molecule has 162 valence electrons. The molecule has 2 aromatic carbocycles. The van der Waals surface area contributed by atoms with Gasteiger partial charge in [0.15, 0.2) is 5.43 Å². The van der Waals surface area contributed by atoms with Crippen molar-refractivity contribution in [3.8, 4) is 0 Å². The van der Waals surface area contributed by atoms with Gasteiger partial charge in [-0.3, -0.25) is 9.59 Å². The Morgan fingerprint density at radius 1 is 1.03 bits per heavy atom. The third kappa shape index (κ3) is 3.88. The zero-order chi connectivity index (χ0) is 22.1. The van der Waals surface area contributed by atoms with E-state index in [9.17, 15) is 9.59 Å². The van der Waals surface area contributed by atoms with E-state index in [2.05, 4.69) is 37.8 Å². The molecule has 1 aromatic heterocycles. The van der Waals surface area contributed by atoms with E-state index in [4.69, 9.17) is 16.0 Å². The van der Waals surface area contributed by atoms with Crippen LogP contribution in [0.25, 0.3) is 11.0 Å². The van der Waals surface area contributed by atoms with Crippen LogP contribution in [0.5, 0.6) is 0 Å². The molecule has 0 N–H and O–H groups in total. The maximum atomic E-state index is 13.5. The Kier molecular flexibility index (Phi) is 6.17. The van der Waals surface area contributed by atoms with Gasteiger partial charge in [0.1, 0.15) is 5.58 Å². The van der Waals surface area contributed by atoms with Crippen LogP contribution in [0.3, 0.4) is 0 Å². The molecule has 0 saturated carbocycles. The number of likely N-dealkylation sites (N-methyl/N-ethyl adjacent to an activating group) is 1. The van der Waals surface area contributed by atoms with E-state index in [1.54, 1.807) is 23.1 Å². The Bertz CT molecular complexity index is 1170. The molecular formula is C25H27ClN2O3. The molecule has 6 heteroatoms. The Morgan fingerprint density at radius 2 is 1.74 bits per heavy atom. The zero-order valence-electron chi connectivity index (χ0n) is 18.2. The van der Waals surface area contributed by atoms with E-state index in [-0.39, 0.29) is 17.1 Å². The van der Waals surface area contributed by atoms with Crippen LogP contribution in [0.15, 0.2) is 51.7 Å². The molecule has 0 aliphatic carbocycles. The Hall–Kier alpha value is -2.63. The van der Waals surface area contributed by atoms with Gasteiger partial charge >= 0.3 is 0 Å². The summed E-state index contributed by atoms with van der Waals surface area (Å²) in [6.45, 7) is 9.36. The van der Waals surface area contributed by atoms with E-state index in [1.807, 2.05) is 12.1 Å². The summed E-state index contributed by atoms with van der Waals surface area (Å²) >= 11 is 6.14.